The molecule has 3 atom stereocenters. The number of carbonyl (C=O) groups is 2. The van der Waals surface area contributed by atoms with Crippen molar-refractivity contribution >= 4 is 11.9 Å². The van der Waals surface area contributed by atoms with E-state index in [-0.39, 0.29) is 19.6 Å². The Morgan fingerprint density at radius 1 is 1.30 bits per heavy atom. The first kappa shape index (κ1) is 17.4. The third-order valence-electron chi connectivity index (χ3n) is 3.76. The fourth-order valence-corrected chi connectivity index (χ4v) is 2.57. The van der Waals surface area contributed by atoms with Gasteiger partial charge in [0.05, 0.1) is 19.1 Å². The molecule has 126 valence electrons. The third-order valence-corrected chi connectivity index (χ3v) is 3.76. The van der Waals surface area contributed by atoms with Gasteiger partial charge in [0.25, 0.3) is 0 Å². The van der Waals surface area contributed by atoms with Crippen LogP contribution in [0.3, 0.4) is 0 Å². The minimum Gasteiger partial charge on any atom is -0.464 e. The standard InChI is InChI=1S/C17H21FO5/c1-2-21-17(20)16(18)13-8-9-22-14(13)10-15(19)23-11-12-6-4-3-5-7-12/h3-7,13-14,16H,2,8-11H2,1H3/t13-,14+,16?/m1/s1. The van der Waals surface area contributed by atoms with Crippen molar-refractivity contribution in [3.63, 3.8) is 0 Å². The molecule has 1 fully saturated rings. The van der Waals surface area contributed by atoms with E-state index in [1.807, 2.05) is 30.3 Å². The lowest BCUT2D eigenvalue weighted by Gasteiger charge is -2.20. The Labute approximate surface area is 134 Å². The minimum absolute atomic E-state index is 0.0721. The van der Waals surface area contributed by atoms with Crippen molar-refractivity contribution in [2.75, 3.05) is 13.2 Å². The van der Waals surface area contributed by atoms with Crippen LogP contribution in [0.1, 0.15) is 25.3 Å². The summed E-state index contributed by atoms with van der Waals surface area (Å²) in [5, 5.41) is 0. The van der Waals surface area contributed by atoms with Crippen molar-refractivity contribution in [1.82, 2.24) is 0 Å². The second kappa shape index (κ2) is 8.62. The summed E-state index contributed by atoms with van der Waals surface area (Å²) in [4.78, 5) is 23.4. The van der Waals surface area contributed by atoms with Crippen LogP contribution in [0.2, 0.25) is 0 Å². The molecule has 0 bridgehead atoms. The summed E-state index contributed by atoms with van der Waals surface area (Å²) in [5.41, 5.74) is 0.875. The van der Waals surface area contributed by atoms with E-state index in [0.29, 0.717) is 13.0 Å². The number of benzene rings is 1. The molecule has 1 aromatic rings. The molecule has 1 unspecified atom stereocenters. The highest BCUT2D eigenvalue weighted by molar-refractivity contribution is 5.75. The fourth-order valence-electron chi connectivity index (χ4n) is 2.57. The first-order valence-electron chi connectivity index (χ1n) is 7.73. The van der Waals surface area contributed by atoms with Gasteiger partial charge < -0.3 is 14.2 Å². The number of halogens is 1. The largest absolute Gasteiger partial charge is 0.464 e. The van der Waals surface area contributed by atoms with Crippen LogP contribution in [0.15, 0.2) is 30.3 Å². The summed E-state index contributed by atoms with van der Waals surface area (Å²) in [6.07, 6.45) is -2.12. The zero-order valence-corrected chi connectivity index (χ0v) is 13.1. The van der Waals surface area contributed by atoms with Crippen LogP contribution in [0, 0.1) is 5.92 Å². The average molecular weight is 324 g/mol. The Morgan fingerprint density at radius 3 is 2.74 bits per heavy atom. The van der Waals surface area contributed by atoms with Crippen molar-refractivity contribution in [3.05, 3.63) is 35.9 Å². The molecule has 0 radical (unpaired) electrons. The van der Waals surface area contributed by atoms with Crippen molar-refractivity contribution < 1.29 is 28.2 Å². The van der Waals surface area contributed by atoms with Crippen LogP contribution in [-0.4, -0.2) is 37.4 Å². The van der Waals surface area contributed by atoms with E-state index < -0.39 is 30.1 Å². The molecule has 1 aromatic carbocycles. The number of alkyl halides is 1. The van der Waals surface area contributed by atoms with Gasteiger partial charge in [-0.3, -0.25) is 4.79 Å². The molecule has 1 saturated heterocycles. The van der Waals surface area contributed by atoms with E-state index in [2.05, 4.69) is 4.74 Å². The Kier molecular flexibility index (Phi) is 6.52. The molecule has 0 N–H and O–H groups in total. The Bertz CT molecular complexity index is 519. The Morgan fingerprint density at radius 2 is 2.04 bits per heavy atom. The highest BCUT2D eigenvalue weighted by Gasteiger charge is 2.40. The summed E-state index contributed by atoms with van der Waals surface area (Å²) >= 11 is 0. The van der Waals surface area contributed by atoms with E-state index in [1.54, 1.807) is 6.92 Å². The zero-order chi connectivity index (χ0) is 16.7. The maximum absolute atomic E-state index is 14.1. The number of hydrogen-bond donors (Lipinski definition) is 0. The Balaban J connectivity index is 1.83. The molecule has 1 aliphatic rings. The van der Waals surface area contributed by atoms with E-state index >= 15 is 0 Å². The maximum Gasteiger partial charge on any atom is 0.341 e. The van der Waals surface area contributed by atoms with E-state index in [0.717, 1.165) is 5.56 Å². The summed E-state index contributed by atoms with van der Waals surface area (Å²) in [5.74, 6) is -2.04. The van der Waals surface area contributed by atoms with Crippen LogP contribution in [0.5, 0.6) is 0 Å². The van der Waals surface area contributed by atoms with E-state index in [1.165, 1.54) is 0 Å². The zero-order valence-electron chi connectivity index (χ0n) is 13.1. The molecule has 6 heteroatoms. The molecular formula is C17H21FO5. The highest BCUT2D eigenvalue weighted by Crippen LogP contribution is 2.29. The summed E-state index contributed by atoms with van der Waals surface area (Å²) in [7, 11) is 0. The van der Waals surface area contributed by atoms with Crippen molar-refractivity contribution in [2.24, 2.45) is 5.92 Å². The van der Waals surface area contributed by atoms with Gasteiger partial charge >= 0.3 is 11.9 Å². The summed E-state index contributed by atoms with van der Waals surface area (Å²) < 4.78 is 29.4. The van der Waals surface area contributed by atoms with Gasteiger partial charge in [-0.1, -0.05) is 30.3 Å². The van der Waals surface area contributed by atoms with Gasteiger partial charge in [0.1, 0.15) is 6.61 Å². The van der Waals surface area contributed by atoms with Gasteiger partial charge in [-0.05, 0) is 18.9 Å². The predicted molar refractivity (Wildman–Crippen MR) is 80.2 cm³/mol. The SMILES string of the molecule is CCOC(=O)C(F)[C@@H]1CCO[C@H]1CC(=O)OCc1ccccc1. The molecule has 2 rings (SSSR count). The van der Waals surface area contributed by atoms with Crippen LogP contribution in [-0.2, 0) is 30.4 Å². The monoisotopic (exact) mass is 324 g/mol. The topological polar surface area (TPSA) is 61.8 Å². The summed E-state index contributed by atoms with van der Waals surface area (Å²) in [6, 6.07) is 9.28. The van der Waals surface area contributed by atoms with Crippen LogP contribution < -0.4 is 0 Å². The number of hydrogen-bond acceptors (Lipinski definition) is 5. The molecule has 0 saturated carbocycles. The van der Waals surface area contributed by atoms with Gasteiger partial charge in [-0.2, -0.15) is 0 Å². The molecule has 1 heterocycles. The fraction of sp³-hybridized carbons (Fsp3) is 0.529. The minimum atomic E-state index is -1.77. The first-order chi connectivity index (χ1) is 11.1. The Hall–Kier alpha value is -1.95. The van der Waals surface area contributed by atoms with Gasteiger partial charge in [0.2, 0.25) is 6.17 Å². The average Bonchev–Trinajstić information content (AvgIpc) is 3.01. The lowest BCUT2D eigenvalue weighted by Crippen LogP contribution is -2.34. The molecule has 0 spiro atoms. The number of carbonyl (C=O) groups excluding carboxylic acids is 2. The third kappa shape index (κ3) is 5.03. The smallest absolute Gasteiger partial charge is 0.341 e. The lowest BCUT2D eigenvalue weighted by molar-refractivity contribution is -0.155. The molecule has 1 aliphatic heterocycles. The number of rotatable bonds is 7. The van der Waals surface area contributed by atoms with Gasteiger partial charge in [-0.25, -0.2) is 9.18 Å². The van der Waals surface area contributed by atoms with E-state index in [4.69, 9.17) is 9.47 Å². The van der Waals surface area contributed by atoms with Crippen molar-refractivity contribution in [1.29, 1.82) is 0 Å². The van der Waals surface area contributed by atoms with Crippen LogP contribution in [0.4, 0.5) is 4.39 Å². The van der Waals surface area contributed by atoms with Gasteiger partial charge in [0.15, 0.2) is 0 Å². The predicted octanol–water partition coefficient (Wildman–Crippen LogP) is 2.43. The quantitative estimate of drug-likeness (QED) is 0.721. The van der Waals surface area contributed by atoms with Crippen molar-refractivity contribution in [2.45, 2.75) is 38.6 Å². The lowest BCUT2D eigenvalue weighted by atomic mass is 9.94. The van der Waals surface area contributed by atoms with E-state index in [9.17, 15) is 14.0 Å². The number of ether oxygens (including phenoxy) is 3. The van der Waals surface area contributed by atoms with Gasteiger partial charge in [-0.15, -0.1) is 0 Å². The van der Waals surface area contributed by atoms with Gasteiger partial charge in [0, 0.05) is 12.5 Å². The second-order valence-electron chi connectivity index (χ2n) is 5.37. The molecule has 0 aromatic heterocycles. The molecule has 0 amide bonds. The number of esters is 2. The molecule has 5 nitrogen and oxygen atoms in total. The molecule has 23 heavy (non-hydrogen) atoms. The summed E-state index contributed by atoms with van der Waals surface area (Å²) in [6.45, 7) is 2.22. The van der Waals surface area contributed by atoms with Crippen LogP contribution in [0.25, 0.3) is 0 Å². The first-order valence-corrected chi connectivity index (χ1v) is 7.73. The normalized spacial score (nSPS) is 21.7. The highest BCUT2D eigenvalue weighted by atomic mass is 19.1. The maximum atomic E-state index is 14.1. The van der Waals surface area contributed by atoms with Crippen molar-refractivity contribution in [3.8, 4) is 0 Å². The molecule has 0 aliphatic carbocycles. The molecular weight excluding hydrogens is 303 g/mol. The van der Waals surface area contributed by atoms with Crippen LogP contribution >= 0.6 is 0 Å². The second-order valence-corrected chi connectivity index (χ2v) is 5.37.